The van der Waals surface area contributed by atoms with Gasteiger partial charge in [-0.2, -0.15) is 0 Å². The van der Waals surface area contributed by atoms with Crippen molar-refractivity contribution >= 4 is 16.1 Å². The second-order valence-electron chi connectivity index (χ2n) is 4.77. The van der Waals surface area contributed by atoms with Gasteiger partial charge in [0, 0.05) is 6.08 Å². The Morgan fingerprint density at radius 1 is 1.33 bits per heavy atom. The zero-order valence-corrected chi connectivity index (χ0v) is 13.5. The Hall–Kier alpha value is -1.70. The minimum absolute atomic E-state index is 0.178. The van der Waals surface area contributed by atoms with Crippen molar-refractivity contribution in [1.82, 2.24) is 0 Å². The Bertz CT molecular complexity index is 576. The first kappa shape index (κ1) is 19.3. The van der Waals surface area contributed by atoms with Gasteiger partial charge in [0.25, 0.3) is 0 Å². The van der Waals surface area contributed by atoms with Gasteiger partial charge in [0.05, 0.1) is 4.90 Å². The number of benzene rings is 1. The summed E-state index contributed by atoms with van der Waals surface area (Å²) in [5, 5.41) is 0. The van der Waals surface area contributed by atoms with Crippen LogP contribution in [0.2, 0.25) is 0 Å². The maximum absolute atomic E-state index is 10.6. The maximum Gasteiger partial charge on any atom is 0.389 e. The molecule has 1 aromatic rings. The van der Waals surface area contributed by atoms with Crippen LogP contribution in [0.15, 0.2) is 41.8 Å². The lowest BCUT2D eigenvalue weighted by atomic mass is 10.2. The second kappa shape index (κ2) is 7.92. The number of hydrogen-bond acceptors (Lipinski definition) is 5. The molecule has 0 saturated heterocycles. The molecular formula is C14H21NO5S. The average molecular weight is 315 g/mol. The molecule has 0 aliphatic heterocycles. The molecule has 0 unspecified atom stereocenters. The fraction of sp³-hybridized carbons (Fsp3) is 0.357. The van der Waals surface area contributed by atoms with Gasteiger partial charge in [-0.3, -0.25) is 4.84 Å². The van der Waals surface area contributed by atoms with E-state index in [1.54, 1.807) is 26.2 Å². The van der Waals surface area contributed by atoms with Gasteiger partial charge in [0.15, 0.2) is 0 Å². The first-order chi connectivity index (χ1) is 9.51. The third-order valence-corrected chi connectivity index (χ3v) is 3.42. The van der Waals surface area contributed by atoms with Crippen LogP contribution in [-0.2, 0) is 19.8 Å². The van der Waals surface area contributed by atoms with Crippen LogP contribution in [-0.4, -0.2) is 44.2 Å². The van der Waals surface area contributed by atoms with Gasteiger partial charge < -0.3 is 4.55 Å². The SMILES string of the molecule is C=CC(=O)O[N+](C)(C)CC.Cc1ccc(S(=O)(=O)[O-])cc1. The third kappa shape index (κ3) is 8.23. The summed E-state index contributed by atoms with van der Waals surface area (Å²) >= 11 is 0. The highest BCUT2D eigenvalue weighted by Crippen LogP contribution is 2.08. The van der Waals surface area contributed by atoms with Crippen molar-refractivity contribution in [2.45, 2.75) is 18.7 Å². The summed E-state index contributed by atoms with van der Waals surface area (Å²) in [5.74, 6) is -0.383. The molecule has 7 heteroatoms. The average Bonchev–Trinajstić information content (AvgIpc) is 2.38. The Labute approximate surface area is 125 Å². The molecule has 0 aliphatic carbocycles. The van der Waals surface area contributed by atoms with Crippen LogP contribution in [0.25, 0.3) is 0 Å². The van der Waals surface area contributed by atoms with E-state index in [-0.39, 0.29) is 15.5 Å². The van der Waals surface area contributed by atoms with Crippen molar-refractivity contribution in [2.75, 3.05) is 20.6 Å². The van der Waals surface area contributed by atoms with Crippen LogP contribution in [0.3, 0.4) is 0 Å². The van der Waals surface area contributed by atoms with Crippen molar-refractivity contribution in [2.24, 2.45) is 0 Å². The number of aryl methyl sites for hydroxylation is 1. The van der Waals surface area contributed by atoms with E-state index < -0.39 is 10.1 Å². The van der Waals surface area contributed by atoms with E-state index in [1.807, 2.05) is 13.8 Å². The quantitative estimate of drug-likeness (QED) is 0.365. The molecule has 0 amide bonds. The summed E-state index contributed by atoms with van der Waals surface area (Å²) in [7, 11) is -0.656. The molecule has 0 radical (unpaired) electrons. The summed E-state index contributed by atoms with van der Waals surface area (Å²) in [5.41, 5.74) is 0.928. The molecule has 0 aromatic heterocycles. The van der Waals surface area contributed by atoms with Gasteiger partial charge in [0.1, 0.15) is 30.8 Å². The maximum atomic E-state index is 10.6. The number of hydrogen-bond donors (Lipinski definition) is 0. The van der Waals surface area contributed by atoms with Gasteiger partial charge in [-0.05, 0) is 26.0 Å². The van der Waals surface area contributed by atoms with E-state index in [4.69, 9.17) is 4.84 Å². The highest BCUT2D eigenvalue weighted by atomic mass is 32.2. The number of carbonyl (C=O) groups excluding carboxylic acids is 1. The number of hydroxylamine groups is 3. The Balaban J connectivity index is 0.000000384. The molecule has 0 saturated carbocycles. The Morgan fingerprint density at radius 3 is 2.14 bits per heavy atom. The molecule has 0 spiro atoms. The number of nitrogens with zero attached hydrogens (tertiary/aromatic N) is 1. The first-order valence-electron chi connectivity index (χ1n) is 6.23. The molecule has 1 aromatic carbocycles. The van der Waals surface area contributed by atoms with Gasteiger partial charge in [-0.25, -0.2) is 13.2 Å². The number of carbonyl (C=O) groups is 1. The van der Waals surface area contributed by atoms with Crippen LogP contribution in [0, 0.1) is 6.92 Å². The summed E-state index contributed by atoms with van der Waals surface area (Å²) in [6.45, 7) is 7.81. The summed E-state index contributed by atoms with van der Waals surface area (Å²) < 4.78 is 31.4. The van der Waals surface area contributed by atoms with Gasteiger partial charge in [-0.15, -0.1) is 4.65 Å². The van der Waals surface area contributed by atoms with Crippen LogP contribution in [0.1, 0.15) is 12.5 Å². The molecule has 1 rings (SSSR count). The summed E-state index contributed by atoms with van der Waals surface area (Å²) in [4.78, 5) is 15.4. The van der Waals surface area contributed by atoms with Crippen LogP contribution >= 0.6 is 0 Å². The lowest BCUT2D eigenvalue weighted by Gasteiger charge is -2.23. The van der Waals surface area contributed by atoms with E-state index in [2.05, 4.69) is 6.58 Å². The normalized spacial score (nSPS) is 11.1. The molecule has 0 fully saturated rings. The Kier molecular flexibility index (Phi) is 7.28. The monoisotopic (exact) mass is 315 g/mol. The molecule has 0 bridgehead atoms. The highest BCUT2D eigenvalue weighted by molar-refractivity contribution is 7.85. The van der Waals surface area contributed by atoms with Crippen LogP contribution < -0.4 is 0 Å². The Morgan fingerprint density at radius 2 is 1.81 bits per heavy atom. The van der Waals surface area contributed by atoms with Crippen molar-refractivity contribution < 1.29 is 27.2 Å². The largest absolute Gasteiger partial charge is 0.744 e. The zero-order valence-electron chi connectivity index (χ0n) is 12.7. The standard InChI is InChI=1S/C7H14NO2.C7H8O3S/c1-5-7(9)10-8(3,4)6-2;1-6-2-4-7(5-3-6)11(8,9)10/h5H,1,6H2,2-4H3;2-5H,1H3,(H,8,9,10)/q+1;/p-1. The number of quaternary nitrogens is 1. The zero-order chi connectivity index (χ0) is 16.7. The molecule has 6 nitrogen and oxygen atoms in total. The van der Waals surface area contributed by atoms with E-state index >= 15 is 0 Å². The van der Waals surface area contributed by atoms with Gasteiger partial charge >= 0.3 is 5.97 Å². The van der Waals surface area contributed by atoms with Crippen molar-refractivity contribution in [3.05, 3.63) is 42.5 Å². The van der Waals surface area contributed by atoms with E-state index in [0.717, 1.165) is 18.2 Å². The van der Waals surface area contributed by atoms with E-state index in [0.29, 0.717) is 0 Å². The van der Waals surface area contributed by atoms with Gasteiger partial charge in [-0.1, -0.05) is 24.3 Å². The lowest BCUT2D eigenvalue weighted by molar-refractivity contribution is -1.06. The molecule has 0 N–H and O–H groups in total. The van der Waals surface area contributed by atoms with Crippen LogP contribution in [0.5, 0.6) is 0 Å². The highest BCUT2D eigenvalue weighted by Gasteiger charge is 2.16. The second-order valence-corrected chi connectivity index (χ2v) is 6.15. The fourth-order valence-corrected chi connectivity index (χ4v) is 1.52. The predicted molar refractivity (Wildman–Crippen MR) is 78.1 cm³/mol. The fourth-order valence-electron chi connectivity index (χ4n) is 1.05. The van der Waals surface area contributed by atoms with E-state index in [9.17, 15) is 17.8 Å². The van der Waals surface area contributed by atoms with Crippen molar-refractivity contribution in [3.8, 4) is 0 Å². The molecule has 21 heavy (non-hydrogen) atoms. The third-order valence-electron chi connectivity index (χ3n) is 2.57. The minimum atomic E-state index is -4.27. The van der Waals surface area contributed by atoms with Crippen molar-refractivity contribution in [1.29, 1.82) is 0 Å². The molecule has 0 atom stereocenters. The van der Waals surface area contributed by atoms with Crippen LogP contribution in [0.4, 0.5) is 0 Å². The van der Waals surface area contributed by atoms with E-state index in [1.165, 1.54) is 12.1 Å². The smallest absolute Gasteiger partial charge is 0.389 e. The molecule has 0 heterocycles. The minimum Gasteiger partial charge on any atom is -0.744 e. The first-order valence-corrected chi connectivity index (χ1v) is 7.64. The number of rotatable bonds is 4. The van der Waals surface area contributed by atoms with Crippen molar-refractivity contribution in [3.63, 3.8) is 0 Å². The molecular weight excluding hydrogens is 294 g/mol. The summed E-state index contributed by atoms with van der Waals surface area (Å²) in [6.07, 6.45) is 1.16. The predicted octanol–water partition coefficient (Wildman–Crippen LogP) is 1.63. The lowest BCUT2D eigenvalue weighted by Crippen LogP contribution is -2.40. The topological polar surface area (TPSA) is 83.5 Å². The molecule has 118 valence electrons. The summed E-state index contributed by atoms with van der Waals surface area (Å²) in [6, 6.07) is 5.78. The molecule has 0 aliphatic rings. The van der Waals surface area contributed by atoms with Gasteiger partial charge in [0.2, 0.25) is 0 Å².